The molecule has 0 aliphatic carbocycles. The summed E-state index contributed by atoms with van der Waals surface area (Å²) in [4.78, 5) is 0. The number of hydrogen-bond acceptors (Lipinski definition) is 2. The van der Waals surface area contributed by atoms with Crippen LogP contribution in [0.15, 0.2) is 37.1 Å². The van der Waals surface area contributed by atoms with Crippen molar-refractivity contribution in [3.05, 3.63) is 37.1 Å². The SMILES string of the molecule is C=C.C=CS(=O)(=O)C=C. The van der Waals surface area contributed by atoms with E-state index in [2.05, 4.69) is 26.3 Å². The Kier molecular flexibility index (Phi) is 6.51. The van der Waals surface area contributed by atoms with Gasteiger partial charge in [0.05, 0.1) is 0 Å². The standard InChI is InChI=1S/C4H6O2S.C2H4/c1-3-7(5,6)4-2;1-2/h3-4H,1-2H2;1-2H2. The van der Waals surface area contributed by atoms with Crippen LogP contribution in [0.2, 0.25) is 0 Å². The lowest BCUT2D eigenvalue weighted by Crippen LogP contribution is -1.83. The highest BCUT2D eigenvalue weighted by atomic mass is 32.2. The largest absolute Gasteiger partial charge is 0.220 e. The van der Waals surface area contributed by atoms with Gasteiger partial charge in [-0.05, 0) is 0 Å². The Labute approximate surface area is 56.1 Å². The van der Waals surface area contributed by atoms with Gasteiger partial charge in [0.15, 0.2) is 9.84 Å². The molecule has 0 spiro atoms. The molecule has 0 atom stereocenters. The molecule has 0 aromatic rings. The van der Waals surface area contributed by atoms with Gasteiger partial charge in [-0.1, -0.05) is 13.2 Å². The van der Waals surface area contributed by atoms with E-state index in [-0.39, 0.29) is 0 Å². The third kappa shape index (κ3) is 7.17. The molecule has 0 aliphatic rings. The Bertz CT molecular complexity index is 163. The second-order valence-corrected chi connectivity index (χ2v) is 2.77. The number of rotatable bonds is 2. The molecule has 0 amide bonds. The van der Waals surface area contributed by atoms with Crippen LogP contribution in [0, 0.1) is 0 Å². The molecule has 0 bridgehead atoms. The zero-order chi connectivity index (χ0) is 7.91. The lowest BCUT2D eigenvalue weighted by atomic mass is 11.3. The van der Waals surface area contributed by atoms with Gasteiger partial charge < -0.3 is 0 Å². The number of sulfone groups is 1. The molecule has 0 saturated heterocycles. The van der Waals surface area contributed by atoms with Gasteiger partial charge in [0.25, 0.3) is 0 Å². The van der Waals surface area contributed by atoms with Gasteiger partial charge in [0.1, 0.15) is 0 Å². The molecule has 9 heavy (non-hydrogen) atoms. The molecule has 0 aliphatic heterocycles. The van der Waals surface area contributed by atoms with E-state index in [0.717, 1.165) is 10.8 Å². The Morgan fingerprint density at radius 3 is 1.22 bits per heavy atom. The van der Waals surface area contributed by atoms with E-state index in [9.17, 15) is 8.42 Å². The van der Waals surface area contributed by atoms with E-state index in [4.69, 9.17) is 0 Å². The first-order valence-corrected chi connectivity index (χ1v) is 3.73. The summed E-state index contributed by atoms with van der Waals surface area (Å²) < 4.78 is 20.3. The second-order valence-electron chi connectivity index (χ2n) is 0.922. The van der Waals surface area contributed by atoms with E-state index in [1.807, 2.05) is 0 Å². The molecule has 3 heteroatoms. The highest BCUT2D eigenvalue weighted by molar-refractivity contribution is 7.97. The maximum atomic E-state index is 10.1. The monoisotopic (exact) mass is 146 g/mol. The molecule has 0 N–H and O–H groups in total. The summed E-state index contributed by atoms with van der Waals surface area (Å²) in [5.74, 6) is 0. The average Bonchev–Trinajstić information content (AvgIpc) is 1.93. The first-order valence-electron chi connectivity index (χ1n) is 2.12. The fraction of sp³-hybridized carbons (Fsp3) is 0. The van der Waals surface area contributed by atoms with Crippen LogP contribution >= 0.6 is 0 Å². The highest BCUT2D eigenvalue weighted by Crippen LogP contribution is 1.87. The molecule has 0 saturated carbocycles. The quantitative estimate of drug-likeness (QED) is 0.553. The minimum absolute atomic E-state index is 0.847. The zero-order valence-electron chi connectivity index (χ0n) is 5.21. The van der Waals surface area contributed by atoms with Crippen LogP contribution < -0.4 is 0 Å². The minimum Gasteiger partial charge on any atom is -0.220 e. The van der Waals surface area contributed by atoms with Crippen LogP contribution in [0.5, 0.6) is 0 Å². The summed E-state index contributed by atoms with van der Waals surface area (Å²) in [5.41, 5.74) is 0. The molecule has 0 aromatic carbocycles. The van der Waals surface area contributed by atoms with Gasteiger partial charge in [-0.25, -0.2) is 8.42 Å². The Hall–Kier alpha value is -0.830. The Morgan fingerprint density at radius 2 is 1.22 bits per heavy atom. The van der Waals surface area contributed by atoms with E-state index in [1.54, 1.807) is 0 Å². The summed E-state index contributed by atoms with van der Waals surface area (Å²) in [6.07, 6.45) is 0. The first kappa shape index (κ1) is 11.0. The van der Waals surface area contributed by atoms with E-state index >= 15 is 0 Å². The van der Waals surface area contributed by atoms with Crippen molar-refractivity contribution < 1.29 is 8.42 Å². The fourth-order valence-electron chi connectivity index (χ4n) is 0.0680. The van der Waals surface area contributed by atoms with Crippen LogP contribution in [-0.2, 0) is 9.84 Å². The highest BCUT2D eigenvalue weighted by Gasteiger charge is 1.90. The first-order chi connectivity index (χ1) is 4.12. The molecular formula is C6H10O2S. The molecule has 0 rings (SSSR count). The molecule has 0 heterocycles. The molecule has 0 unspecified atom stereocenters. The molecule has 52 valence electrons. The van der Waals surface area contributed by atoms with Crippen molar-refractivity contribution in [3.8, 4) is 0 Å². The Balaban J connectivity index is 0. The van der Waals surface area contributed by atoms with Crippen LogP contribution in [0.25, 0.3) is 0 Å². The van der Waals surface area contributed by atoms with Crippen molar-refractivity contribution in [2.75, 3.05) is 0 Å². The normalized spacial score (nSPS) is 8.44. The summed E-state index contributed by atoms with van der Waals surface area (Å²) in [5, 5.41) is 1.69. The molecule has 0 aromatic heterocycles. The van der Waals surface area contributed by atoms with Gasteiger partial charge in [-0.2, -0.15) is 0 Å². The maximum absolute atomic E-state index is 10.1. The Morgan fingerprint density at radius 1 is 1.00 bits per heavy atom. The zero-order valence-corrected chi connectivity index (χ0v) is 6.02. The lowest BCUT2D eigenvalue weighted by Gasteiger charge is -1.78. The molecule has 0 radical (unpaired) electrons. The van der Waals surface area contributed by atoms with Gasteiger partial charge in [-0.15, -0.1) is 13.2 Å². The fourth-order valence-corrected chi connectivity index (χ4v) is 0.204. The van der Waals surface area contributed by atoms with Crippen LogP contribution in [-0.4, -0.2) is 8.42 Å². The summed E-state index contributed by atoms with van der Waals surface area (Å²) in [7, 11) is -3.13. The predicted octanol–water partition coefficient (Wildman–Crippen LogP) is 1.49. The summed E-state index contributed by atoms with van der Waals surface area (Å²) in [6, 6.07) is 0. The molecule has 2 nitrogen and oxygen atoms in total. The van der Waals surface area contributed by atoms with E-state index in [0.29, 0.717) is 0 Å². The van der Waals surface area contributed by atoms with Crippen molar-refractivity contribution in [2.24, 2.45) is 0 Å². The lowest BCUT2D eigenvalue weighted by molar-refractivity contribution is 0.613. The van der Waals surface area contributed by atoms with Gasteiger partial charge in [0.2, 0.25) is 0 Å². The van der Waals surface area contributed by atoms with Gasteiger partial charge in [0, 0.05) is 10.8 Å². The maximum Gasteiger partial charge on any atom is 0.191 e. The predicted molar refractivity (Wildman–Crippen MR) is 40.6 cm³/mol. The van der Waals surface area contributed by atoms with Crippen molar-refractivity contribution in [3.63, 3.8) is 0 Å². The van der Waals surface area contributed by atoms with Crippen molar-refractivity contribution in [1.82, 2.24) is 0 Å². The van der Waals surface area contributed by atoms with Crippen molar-refractivity contribution in [2.45, 2.75) is 0 Å². The van der Waals surface area contributed by atoms with Crippen LogP contribution in [0.3, 0.4) is 0 Å². The van der Waals surface area contributed by atoms with Crippen molar-refractivity contribution >= 4 is 9.84 Å². The summed E-state index contributed by atoms with van der Waals surface area (Å²) >= 11 is 0. The average molecular weight is 146 g/mol. The number of hydrogen-bond donors (Lipinski definition) is 0. The summed E-state index contributed by atoms with van der Waals surface area (Å²) in [6.45, 7) is 12.1. The van der Waals surface area contributed by atoms with Gasteiger partial charge in [-0.3, -0.25) is 0 Å². The van der Waals surface area contributed by atoms with Crippen LogP contribution in [0.1, 0.15) is 0 Å². The van der Waals surface area contributed by atoms with Gasteiger partial charge >= 0.3 is 0 Å². The van der Waals surface area contributed by atoms with Crippen molar-refractivity contribution in [1.29, 1.82) is 0 Å². The third-order valence-corrected chi connectivity index (χ3v) is 1.39. The third-order valence-electron chi connectivity index (χ3n) is 0.465. The van der Waals surface area contributed by atoms with E-state index < -0.39 is 9.84 Å². The molecule has 0 fully saturated rings. The minimum atomic E-state index is -3.13. The van der Waals surface area contributed by atoms with E-state index in [1.165, 1.54) is 0 Å². The second kappa shape index (κ2) is 5.31. The smallest absolute Gasteiger partial charge is 0.191 e. The topological polar surface area (TPSA) is 34.1 Å². The van der Waals surface area contributed by atoms with Crippen LogP contribution in [0.4, 0.5) is 0 Å². The molecular weight excluding hydrogens is 136 g/mol.